The van der Waals surface area contributed by atoms with Crippen molar-refractivity contribution in [1.82, 2.24) is 4.72 Å². The molecule has 6 heteroatoms. The van der Waals surface area contributed by atoms with Gasteiger partial charge in [-0.25, -0.2) is 13.1 Å². The Bertz CT molecular complexity index is 620. The molecule has 1 aromatic rings. The molecule has 1 saturated carbocycles. The average molecular weight is 322 g/mol. The Morgan fingerprint density at radius 3 is 2.59 bits per heavy atom. The summed E-state index contributed by atoms with van der Waals surface area (Å²) in [6.07, 6.45) is 3.98. The highest BCUT2D eigenvalue weighted by Gasteiger charge is 2.28. The van der Waals surface area contributed by atoms with Crippen molar-refractivity contribution in [3.05, 3.63) is 29.8 Å². The van der Waals surface area contributed by atoms with Gasteiger partial charge in [0, 0.05) is 12.0 Å². The molecule has 5 nitrogen and oxygen atoms in total. The lowest BCUT2D eigenvalue weighted by atomic mass is 9.86. The Balaban J connectivity index is 1.95. The summed E-state index contributed by atoms with van der Waals surface area (Å²) in [6.45, 7) is 2.14. The summed E-state index contributed by atoms with van der Waals surface area (Å²) < 4.78 is 32.1. The summed E-state index contributed by atoms with van der Waals surface area (Å²) in [5.41, 5.74) is 0.596. The zero-order valence-corrected chi connectivity index (χ0v) is 13.6. The molecule has 0 heterocycles. The van der Waals surface area contributed by atoms with Crippen molar-refractivity contribution < 1.29 is 13.2 Å². The Labute approximate surface area is 132 Å². The number of benzene rings is 1. The van der Waals surface area contributed by atoms with Crippen LogP contribution in [0.3, 0.4) is 0 Å². The number of ether oxygens (including phenoxy) is 1. The number of sulfonamides is 1. The molecule has 1 aliphatic carbocycles. The lowest BCUT2D eigenvalue weighted by Gasteiger charge is -2.31. The van der Waals surface area contributed by atoms with Gasteiger partial charge in [0.05, 0.1) is 24.0 Å². The van der Waals surface area contributed by atoms with Crippen LogP contribution in [0.4, 0.5) is 0 Å². The zero-order chi connectivity index (χ0) is 16.0. The lowest BCUT2D eigenvalue weighted by molar-refractivity contribution is 0.180. The SMILES string of the molecule is CCS(=O)(=O)NC1CCCCC1COc1ccc(C#N)cc1. The summed E-state index contributed by atoms with van der Waals surface area (Å²) in [7, 11) is -3.19. The second kappa shape index (κ2) is 7.61. The Hall–Kier alpha value is -1.58. The molecule has 0 saturated heterocycles. The van der Waals surface area contributed by atoms with E-state index in [1.807, 2.05) is 0 Å². The minimum absolute atomic E-state index is 0.0444. The van der Waals surface area contributed by atoms with Crippen LogP contribution in [-0.4, -0.2) is 26.8 Å². The number of nitrogens with zero attached hydrogens (tertiary/aromatic N) is 1. The summed E-state index contributed by atoms with van der Waals surface area (Å²) in [6, 6.07) is 8.99. The Kier molecular flexibility index (Phi) is 5.81. The summed E-state index contributed by atoms with van der Waals surface area (Å²) in [5.74, 6) is 1.000. The van der Waals surface area contributed by atoms with Crippen LogP contribution in [0.15, 0.2) is 24.3 Å². The number of rotatable bonds is 6. The average Bonchev–Trinajstić information content (AvgIpc) is 2.54. The first kappa shape index (κ1) is 16.8. The second-order valence-corrected chi connectivity index (χ2v) is 7.66. The highest BCUT2D eigenvalue weighted by Crippen LogP contribution is 2.26. The summed E-state index contributed by atoms with van der Waals surface area (Å²) >= 11 is 0. The van der Waals surface area contributed by atoms with Crippen LogP contribution in [0.2, 0.25) is 0 Å². The predicted molar refractivity (Wildman–Crippen MR) is 85.0 cm³/mol. The topological polar surface area (TPSA) is 79.2 Å². The zero-order valence-electron chi connectivity index (χ0n) is 12.8. The van der Waals surface area contributed by atoms with E-state index in [-0.39, 0.29) is 17.7 Å². The van der Waals surface area contributed by atoms with Crippen LogP contribution in [0.25, 0.3) is 0 Å². The fourth-order valence-electron chi connectivity index (χ4n) is 2.71. The van der Waals surface area contributed by atoms with E-state index in [1.165, 1.54) is 0 Å². The van der Waals surface area contributed by atoms with Crippen molar-refractivity contribution in [1.29, 1.82) is 5.26 Å². The van der Waals surface area contributed by atoms with Crippen LogP contribution in [0.5, 0.6) is 5.75 Å². The van der Waals surface area contributed by atoms with E-state index in [4.69, 9.17) is 10.00 Å². The maximum atomic E-state index is 11.8. The highest BCUT2D eigenvalue weighted by molar-refractivity contribution is 7.89. The number of nitriles is 1. The normalized spacial score (nSPS) is 22.0. The third-order valence-corrected chi connectivity index (χ3v) is 5.49. The first-order chi connectivity index (χ1) is 10.5. The van der Waals surface area contributed by atoms with Crippen molar-refractivity contribution in [2.24, 2.45) is 5.92 Å². The molecule has 0 aromatic heterocycles. The van der Waals surface area contributed by atoms with Crippen LogP contribution in [-0.2, 0) is 10.0 Å². The monoisotopic (exact) mass is 322 g/mol. The van der Waals surface area contributed by atoms with E-state index in [0.717, 1.165) is 25.7 Å². The Morgan fingerprint density at radius 2 is 1.95 bits per heavy atom. The third-order valence-electron chi connectivity index (χ3n) is 4.07. The first-order valence-corrected chi connectivity index (χ1v) is 9.32. The predicted octanol–water partition coefficient (Wildman–Crippen LogP) is 2.44. The lowest BCUT2D eigenvalue weighted by Crippen LogP contribution is -2.44. The molecule has 0 amide bonds. The molecule has 0 radical (unpaired) electrons. The molecule has 2 atom stereocenters. The molecule has 0 spiro atoms. The van der Waals surface area contributed by atoms with Gasteiger partial charge >= 0.3 is 0 Å². The van der Waals surface area contributed by atoms with Crippen LogP contribution in [0.1, 0.15) is 38.2 Å². The molecule has 22 heavy (non-hydrogen) atoms. The van der Waals surface area contributed by atoms with Crippen LogP contribution < -0.4 is 9.46 Å². The smallest absolute Gasteiger partial charge is 0.211 e. The standard InChI is InChI=1S/C16H22N2O3S/c1-2-22(19,20)18-16-6-4-3-5-14(16)12-21-15-9-7-13(11-17)8-10-15/h7-10,14,16,18H,2-6,12H2,1H3. The molecule has 1 fully saturated rings. The summed E-state index contributed by atoms with van der Waals surface area (Å²) in [4.78, 5) is 0. The van der Waals surface area contributed by atoms with Crippen LogP contribution >= 0.6 is 0 Å². The van der Waals surface area contributed by atoms with Crippen molar-refractivity contribution in [3.63, 3.8) is 0 Å². The van der Waals surface area contributed by atoms with Crippen molar-refractivity contribution in [3.8, 4) is 11.8 Å². The molecular weight excluding hydrogens is 300 g/mol. The van der Waals surface area contributed by atoms with E-state index in [2.05, 4.69) is 10.8 Å². The summed E-state index contributed by atoms with van der Waals surface area (Å²) in [5, 5.41) is 8.77. The minimum Gasteiger partial charge on any atom is -0.493 e. The van der Waals surface area contributed by atoms with Gasteiger partial charge in [0.2, 0.25) is 10.0 Å². The van der Waals surface area contributed by atoms with Gasteiger partial charge in [0.15, 0.2) is 0 Å². The number of hydrogen-bond acceptors (Lipinski definition) is 4. The molecule has 1 aromatic carbocycles. The molecular formula is C16H22N2O3S. The molecule has 1 N–H and O–H groups in total. The largest absolute Gasteiger partial charge is 0.493 e. The van der Waals surface area contributed by atoms with E-state index < -0.39 is 10.0 Å². The molecule has 1 aliphatic rings. The van der Waals surface area contributed by atoms with E-state index in [9.17, 15) is 8.42 Å². The van der Waals surface area contributed by atoms with E-state index >= 15 is 0 Å². The molecule has 0 aliphatic heterocycles. The maximum absolute atomic E-state index is 11.8. The fraction of sp³-hybridized carbons (Fsp3) is 0.562. The van der Waals surface area contributed by atoms with Gasteiger partial charge in [-0.1, -0.05) is 12.8 Å². The van der Waals surface area contributed by atoms with Gasteiger partial charge in [-0.3, -0.25) is 0 Å². The van der Waals surface area contributed by atoms with E-state index in [1.54, 1.807) is 31.2 Å². The van der Waals surface area contributed by atoms with Crippen molar-refractivity contribution in [2.45, 2.75) is 38.6 Å². The number of hydrogen-bond donors (Lipinski definition) is 1. The molecule has 0 bridgehead atoms. The van der Waals surface area contributed by atoms with Crippen molar-refractivity contribution in [2.75, 3.05) is 12.4 Å². The van der Waals surface area contributed by atoms with Gasteiger partial charge in [0.1, 0.15) is 5.75 Å². The van der Waals surface area contributed by atoms with Crippen LogP contribution in [0, 0.1) is 17.2 Å². The fourth-order valence-corrected chi connectivity index (χ4v) is 3.64. The van der Waals surface area contributed by atoms with Crippen molar-refractivity contribution >= 4 is 10.0 Å². The highest BCUT2D eigenvalue weighted by atomic mass is 32.2. The van der Waals surface area contributed by atoms with Gasteiger partial charge in [0.25, 0.3) is 0 Å². The molecule has 2 rings (SSSR count). The Morgan fingerprint density at radius 1 is 1.27 bits per heavy atom. The second-order valence-electron chi connectivity index (χ2n) is 5.62. The quantitative estimate of drug-likeness (QED) is 0.872. The molecule has 2 unspecified atom stereocenters. The maximum Gasteiger partial charge on any atom is 0.211 e. The first-order valence-electron chi connectivity index (χ1n) is 7.67. The van der Waals surface area contributed by atoms with Gasteiger partial charge in [-0.05, 0) is 44.0 Å². The van der Waals surface area contributed by atoms with E-state index in [0.29, 0.717) is 17.9 Å². The third kappa shape index (κ3) is 4.72. The molecule has 120 valence electrons. The number of nitrogens with one attached hydrogen (secondary N) is 1. The minimum atomic E-state index is -3.19. The van der Waals surface area contributed by atoms with Gasteiger partial charge in [-0.15, -0.1) is 0 Å². The van der Waals surface area contributed by atoms with Gasteiger partial charge < -0.3 is 4.74 Å². The van der Waals surface area contributed by atoms with Gasteiger partial charge in [-0.2, -0.15) is 5.26 Å².